The molecule has 1 atom stereocenters. The molecule has 1 aliphatic rings. The Bertz CT molecular complexity index is 518. The first-order valence-electron chi connectivity index (χ1n) is 5.95. The molecule has 6 nitrogen and oxygen atoms in total. The summed E-state index contributed by atoms with van der Waals surface area (Å²) in [7, 11) is -3.02. The minimum Gasteiger partial charge on any atom is -0.338 e. The number of sulfone groups is 1. The van der Waals surface area contributed by atoms with Crippen LogP contribution in [-0.2, 0) is 14.6 Å². The highest BCUT2D eigenvalue weighted by Crippen LogP contribution is 2.20. The van der Waals surface area contributed by atoms with Crippen LogP contribution in [0.3, 0.4) is 0 Å². The Hall–Kier alpha value is -1.37. The number of carbonyl (C=O) groups excluding carboxylic acids is 1. The zero-order valence-corrected chi connectivity index (χ0v) is 11.3. The van der Waals surface area contributed by atoms with Crippen molar-refractivity contribution in [1.82, 2.24) is 14.7 Å². The molecule has 0 saturated carbocycles. The smallest absolute Gasteiger partial charge is 0.247 e. The van der Waals surface area contributed by atoms with E-state index in [0.29, 0.717) is 13.1 Å². The number of aromatic nitrogens is 2. The Kier molecular flexibility index (Phi) is 3.43. The fraction of sp³-hybridized carbons (Fsp3) is 0.636. The molecular formula is C11H17N3O3S. The first-order chi connectivity index (χ1) is 8.45. The lowest BCUT2D eigenvalue weighted by Gasteiger charge is -2.39. The molecule has 0 spiro atoms. The maximum absolute atomic E-state index is 12.1. The molecule has 1 fully saturated rings. The fourth-order valence-electron chi connectivity index (χ4n) is 1.97. The Morgan fingerprint density at radius 2 is 2.17 bits per heavy atom. The van der Waals surface area contributed by atoms with Crippen LogP contribution in [0.4, 0.5) is 0 Å². The van der Waals surface area contributed by atoms with Crippen LogP contribution >= 0.6 is 0 Å². The standard InChI is InChI=1S/C11H17N3O3S/c1-3-18(16,17)10-7-13(8-10)11(15)9(2)14-6-4-5-12-14/h4-6,9-10H,3,7-8H2,1-2H3. The summed E-state index contributed by atoms with van der Waals surface area (Å²) in [5, 5.41) is 3.62. The molecule has 1 aromatic rings. The molecule has 0 aromatic carbocycles. The van der Waals surface area contributed by atoms with Crippen molar-refractivity contribution < 1.29 is 13.2 Å². The topological polar surface area (TPSA) is 72.3 Å². The van der Waals surface area contributed by atoms with E-state index in [1.165, 1.54) is 0 Å². The number of nitrogens with zero attached hydrogens (tertiary/aromatic N) is 3. The average molecular weight is 271 g/mol. The molecule has 0 radical (unpaired) electrons. The van der Waals surface area contributed by atoms with Crippen molar-refractivity contribution >= 4 is 15.7 Å². The number of likely N-dealkylation sites (tertiary alicyclic amines) is 1. The zero-order chi connectivity index (χ0) is 13.3. The van der Waals surface area contributed by atoms with Crippen LogP contribution in [0.2, 0.25) is 0 Å². The second kappa shape index (κ2) is 4.72. The second-order valence-electron chi connectivity index (χ2n) is 4.48. The van der Waals surface area contributed by atoms with Gasteiger partial charge in [0.05, 0.1) is 5.25 Å². The van der Waals surface area contributed by atoms with E-state index in [1.54, 1.807) is 41.9 Å². The summed E-state index contributed by atoms with van der Waals surface area (Å²) in [6, 6.07) is 1.37. The van der Waals surface area contributed by atoms with Crippen molar-refractivity contribution in [3.8, 4) is 0 Å². The van der Waals surface area contributed by atoms with Gasteiger partial charge in [0, 0.05) is 31.2 Å². The van der Waals surface area contributed by atoms with Gasteiger partial charge in [-0.1, -0.05) is 6.92 Å². The predicted octanol–water partition coefficient (Wildman–Crippen LogP) is 0.0896. The molecule has 0 bridgehead atoms. The minimum atomic E-state index is -3.02. The quantitative estimate of drug-likeness (QED) is 0.778. The Labute approximate surface area is 106 Å². The van der Waals surface area contributed by atoms with Crippen LogP contribution in [0.25, 0.3) is 0 Å². The molecule has 1 unspecified atom stereocenters. The highest BCUT2D eigenvalue weighted by atomic mass is 32.2. The highest BCUT2D eigenvalue weighted by Gasteiger charge is 2.40. The van der Waals surface area contributed by atoms with Crippen molar-refractivity contribution in [2.75, 3.05) is 18.8 Å². The van der Waals surface area contributed by atoms with Gasteiger partial charge in [-0.05, 0) is 13.0 Å². The van der Waals surface area contributed by atoms with Gasteiger partial charge < -0.3 is 4.90 Å². The van der Waals surface area contributed by atoms with Crippen LogP contribution < -0.4 is 0 Å². The molecular weight excluding hydrogens is 254 g/mol. The van der Waals surface area contributed by atoms with Crippen LogP contribution in [0.1, 0.15) is 19.9 Å². The maximum Gasteiger partial charge on any atom is 0.247 e. The lowest BCUT2D eigenvalue weighted by atomic mass is 10.1. The number of hydrogen-bond acceptors (Lipinski definition) is 4. The largest absolute Gasteiger partial charge is 0.338 e. The van der Waals surface area contributed by atoms with Crippen molar-refractivity contribution in [2.24, 2.45) is 0 Å². The van der Waals surface area contributed by atoms with Crippen LogP contribution in [-0.4, -0.2) is 53.1 Å². The third-order valence-electron chi connectivity index (χ3n) is 3.35. The first kappa shape index (κ1) is 13.1. The Morgan fingerprint density at radius 3 is 2.67 bits per heavy atom. The molecule has 1 aromatic heterocycles. The summed E-state index contributed by atoms with van der Waals surface area (Å²) < 4.78 is 24.8. The van der Waals surface area contributed by atoms with Gasteiger partial charge in [0.1, 0.15) is 6.04 Å². The normalized spacial score (nSPS) is 18.4. The van der Waals surface area contributed by atoms with Gasteiger partial charge >= 0.3 is 0 Å². The molecule has 0 N–H and O–H groups in total. The molecule has 18 heavy (non-hydrogen) atoms. The molecule has 100 valence electrons. The Balaban J connectivity index is 1.95. The predicted molar refractivity (Wildman–Crippen MR) is 66.8 cm³/mol. The number of carbonyl (C=O) groups is 1. The van der Waals surface area contributed by atoms with Crippen molar-refractivity contribution in [3.05, 3.63) is 18.5 Å². The maximum atomic E-state index is 12.1. The van der Waals surface area contributed by atoms with Gasteiger partial charge in [-0.3, -0.25) is 9.48 Å². The lowest BCUT2D eigenvalue weighted by molar-refractivity contribution is -0.137. The van der Waals surface area contributed by atoms with Gasteiger partial charge in [-0.25, -0.2) is 8.42 Å². The van der Waals surface area contributed by atoms with Crippen LogP contribution in [0.5, 0.6) is 0 Å². The molecule has 7 heteroatoms. The van der Waals surface area contributed by atoms with E-state index in [1.807, 2.05) is 0 Å². The highest BCUT2D eigenvalue weighted by molar-refractivity contribution is 7.92. The van der Waals surface area contributed by atoms with Crippen LogP contribution in [0.15, 0.2) is 18.5 Å². The summed E-state index contributed by atoms with van der Waals surface area (Å²) in [5.74, 6) is 0.0512. The first-order valence-corrected chi connectivity index (χ1v) is 7.66. The van der Waals surface area contributed by atoms with Gasteiger partial charge in [0.25, 0.3) is 0 Å². The van der Waals surface area contributed by atoms with Gasteiger partial charge in [-0.2, -0.15) is 5.10 Å². The van der Waals surface area contributed by atoms with Gasteiger partial charge in [0.2, 0.25) is 5.91 Å². The van der Waals surface area contributed by atoms with E-state index < -0.39 is 15.1 Å². The molecule has 1 aliphatic heterocycles. The van der Waals surface area contributed by atoms with E-state index in [-0.39, 0.29) is 17.7 Å². The Morgan fingerprint density at radius 1 is 1.50 bits per heavy atom. The van der Waals surface area contributed by atoms with Crippen LogP contribution in [0, 0.1) is 0 Å². The monoisotopic (exact) mass is 271 g/mol. The van der Waals surface area contributed by atoms with E-state index in [2.05, 4.69) is 5.10 Å². The second-order valence-corrected chi connectivity index (χ2v) is 7.05. The van der Waals surface area contributed by atoms with E-state index in [0.717, 1.165) is 0 Å². The van der Waals surface area contributed by atoms with Gasteiger partial charge in [0.15, 0.2) is 9.84 Å². The lowest BCUT2D eigenvalue weighted by Crippen LogP contribution is -2.58. The molecule has 1 amide bonds. The number of rotatable bonds is 4. The SMILES string of the molecule is CCS(=O)(=O)C1CN(C(=O)C(C)n2cccn2)C1. The average Bonchev–Trinajstić information content (AvgIpc) is 2.78. The third-order valence-corrected chi connectivity index (χ3v) is 5.47. The molecule has 2 rings (SSSR count). The molecule has 0 aliphatic carbocycles. The van der Waals surface area contributed by atoms with Crippen molar-refractivity contribution in [2.45, 2.75) is 25.1 Å². The van der Waals surface area contributed by atoms with Crippen molar-refractivity contribution in [3.63, 3.8) is 0 Å². The van der Waals surface area contributed by atoms with Gasteiger partial charge in [-0.15, -0.1) is 0 Å². The number of amides is 1. The van der Waals surface area contributed by atoms with E-state index in [4.69, 9.17) is 0 Å². The summed E-state index contributed by atoms with van der Waals surface area (Å²) in [6.07, 6.45) is 3.34. The summed E-state index contributed by atoms with van der Waals surface area (Å²) in [5.41, 5.74) is 0. The third kappa shape index (κ3) is 2.27. The van der Waals surface area contributed by atoms with E-state index in [9.17, 15) is 13.2 Å². The summed E-state index contributed by atoms with van der Waals surface area (Å²) in [4.78, 5) is 13.6. The molecule has 1 saturated heterocycles. The number of hydrogen-bond donors (Lipinski definition) is 0. The van der Waals surface area contributed by atoms with E-state index >= 15 is 0 Å². The zero-order valence-electron chi connectivity index (χ0n) is 10.5. The summed E-state index contributed by atoms with van der Waals surface area (Å²) >= 11 is 0. The molecule has 2 heterocycles. The minimum absolute atomic E-state index is 0.0822. The van der Waals surface area contributed by atoms with Crippen molar-refractivity contribution in [1.29, 1.82) is 0 Å². The fourth-order valence-corrected chi connectivity index (χ4v) is 3.25. The summed E-state index contributed by atoms with van der Waals surface area (Å²) in [6.45, 7) is 4.00.